The van der Waals surface area contributed by atoms with Crippen molar-refractivity contribution in [2.75, 3.05) is 19.6 Å². The minimum Gasteiger partial charge on any atom is -0.508 e. The molecule has 1 aliphatic heterocycles. The third kappa shape index (κ3) is 3.74. The topological polar surface area (TPSA) is 77.8 Å². The number of benzene rings is 2. The highest BCUT2D eigenvalue weighted by Crippen LogP contribution is 2.45. The monoisotopic (exact) mass is 387 g/mol. The molecule has 1 saturated carbocycles. The highest BCUT2D eigenvalue weighted by molar-refractivity contribution is 7.92. The fraction of sp³-hybridized carbons (Fsp3) is 0.429. The lowest BCUT2D eigenvalue weighted by atomic mass is 9.67. The van der Waals surface area contributed by atoms with E-state index in [-0.39, 0.29) is 10.6 Å². The van der Waals surface area contributed by atoms with Crippen LogP contribution in [0.25, 0.3) is 0 Å². The molecule has 1 aliphatic carbocycles. The van der Waals surface area contributed by atoms with Gasteiger partial charge in [-0.25, -0.2) is 8.42 Å². The molecule has 0 bridgehead atoms. The molecule has 2 fully saturated rings. The summed E-state index contributed by atoms with van der Waals surface area (Å²) in [5.74, 6) is 0.442. The van der Waals surface area contributed by atoms with Gasteiger partial charge in [-0.1, -0.05) is 30.3 Å². The van der Waals surface area contributed by atoms with Gasteiger partial charge >= 0.3 is 0 Å². The summed E-state index contributed by atoms with van der Waals surface area (Å²) in [4.78, 5) is 2.32. The van der Waals surface area contributed by atoms with Gasteiger partial charge in [0.2, 0.25) is 0 Å². The van der Waals surface area contributed by atoms with Crippen molar-refractivity contribution in [2.24, 2.45) is 0 Å². The molecule has 0 amide bonds. The summed E-state index contributed by atoms with van der Waals surface area (Å²) in [6, 6.07) is 15.9. The summed E-state index contributed by atoms with van der Waals surface area (Å²) in [5, 5.41) is 19.7. The number of rotatable bonds is 5. The van der Waals surface area contributed by atoms with E-state index in [4.69, 9.17) is 0 Å². The highest BCUT2D eigenvalue weighted by atomic mass is 32.2. The molecule has 1 heterocycles. The number of hydrogen-bond donors (Lipinski definition) is 2. The quantitative estimate of drug-likeness (QED) is 0.824. The Labute approximate surface area is 160 Å². The Kier molecular flexibility index (Phi) is 4.74. The number of β-amino-alcohol motifs (C(OH)–C–C–N with tert-alkyl or cyclic N) is 1. The Hall–Kier alpha value is -1.89. The van der Waals surface area contributed by atoms with Crippen molar-refractivity contribution in [3.05, 3.63) is 60.2 Å². The first-order chi connectivity index (χ1) is 12.9. The summed E-state index contributed by atoms with van der Waals surface area (Å²) in [7, 11) is -3.42. The number of phenols is 1. The largest absolute Gasteiger partial charge is 0.508 e. The van der Waals surface area contributed by atoms with Gasteiger partial charge in [0.1, 0.15) is 5.75 Å². The van der Waals surface area contributed by atoms with Crippen LogP contribution >= 0.6 is 0 Å². The molecule has 27 heavy (non-hydrogen) atoms. The SMILES string of the molecule is O=S(=O)(c1ccc(O)cc1)[C@H]1CCN(C[C@]2(O)C[C@H](c3ccccc3)C2)C1. The van der Waals surface area contributed by atoms with E-state index >= 15 is 0 Å². The molecule has 0 aromatic heterocycles. The van der Waals surface area contributed by atoms with Crippen molar-refractivity contribution in [2.45, 2.75) is 40.9 Å². The summed E-state index contributed by atoms with van der Waals surface area (Å²) in [5.41, 5.74) is 0.536. The van der Waals surface area contributed by atoms with Gasteiger partial charge in [0.25, 0.3) is 0 Å². The molecule has 1 saturated heterocycles. The molecule has 144 valence electrons. The van der Waals surface area contributed by atoms with Crippen LogP contribution in [0.5, 0.6) is 5.75 Å². The molecule has 0 unspecified atom stereocenters. The molecule has 2 aromatic carbocycles. The maximum atomic E-state index is 12.8. The number of aliphatic hydroxyl groups is 1. The smallest absolute Gasteiger partial charge is 0.182 e. The zero-order chi connectivity index (χ0) is 19.1. The average molecular weight is 388 g/mol. The third-order valence-electron chi connectivity index (χ3n) is 5.87. The predicted octanol–water partition coefficient (Wildman–Crippen LogP) is 2.55. The van der Waals surface area contributed by atoms with Gasteiger partial charge in [0.15, 0.2) is 9.84 Å². The van der Waals surface area contributed by atoms with Crippen molar-refractivity contribution < 1.29 is 18.6 Å². The fourth-order valence-electron chi connectivity index (χ4n) is 4.39. The number of hydrogen-bond acceptors (Lipinski definition) is 5. The molecule has 2 N–H and O–H groups in total. The second-order valence-corrected chi connectivity index (χ2v) is 10.2. The van der Waals surface area contributed by atoms with Gasteiger partial charge < -0.3 is 10.2 Å². The molecule has 6 heteroatoms. The standard InChI is InChI=1S/C21H25NO4S/c23-18-6-8-19(9-7-18)27(25,26)20-10-11-22(14-20)15-21(24)12-17(13-21)16-4-2-1-3-5-16/h1-9,17,20,23-24H,10-15H2/t17-,20-,21-/m0/s1. The van der Waals surface area contributed by atoms with Crippen molar-refractivity contribution in [1.82, 2.24) is 4.90 Å². The van der Waals surface area contributed by atoms with E-state index in [1.54, 1.807) is 0 Å². The molecule has 2 aliphatic rings. The second kappa shape index (κ2) is 6.93. The average Bonchev–Trinajstić information content (AvgIpc) is 3.10. The molecular formula is C21H25NO4S. The Bertz CT molecular complexity index is 890. The van der Waals surface area contributed by atoms with Crippen molar-refractivity contribution in [3.8, 4) is 5.75 Å². The van der Waals surface area contributed by atoms with Gasteiger partial charge in [-0.05, 0) is 61.6 Å². The number of likely N-dealkylation sites (tertiary alicyclic amines) is 1. The first-order valence-corrected chi connectivity index (χ1v) is 10.9. The van der Waals surface area contributed by atoms with Crippen LogP contribution in [0, 0.1) is 0 Å². The summed E-state index contributed by atoms with van der Waals surface area (Å²) >= 11 is 0. The number of aromatic hydroxyl groups is 1. The lowest BCUT2D eigenvalue weighted by Crippen LogP contribution is -2.51. The zero-order valence-corrected chi connectivity index (χ0v) is 16.0. The van der Waals surface area contributed by atoms with Crippen LogP contribution in [0.3, 0.4) is 0 Å². The Morgan fingerprint density at radius 1 is 1.04 bits per heavy atom. The third-order valence-corrected chi connectivity index (χ3v) is 8.07. The Balaban J connectivity index is 1.36. The molecule has 5 nitrogen and oxygen atoms in total. The predicted molar refractivity (Wildman–Crippen MR) is 104 cm³/mol. The fourth-order valence-corrected chi connectivity index (χ4v) is 6.11. The van der Waals surface area contributed by atoms with Crippen LogP contribution in [0.15, 0.2) is 59.5 Å². The summed E-state index contributed by atoms with van der Waals surface area (Å²) in [6.45, 7) is 1.65. The van der Waals surface area contributed by atoms with E-state index in [2.05, 4.69) is 17.0 Å². The van der Waals surface area contributed by atoms with Crippen molar-refractivity contribution >= 4 is 9.84 Å². The maximum Gasteiger partial charge on any atom is 0.182 e. The first kappa shape index (κ1) is 18.5. The summed E-state index contributed by atoms with van der Waals surface area (Å²) < 4.78 is 25.6. The van der Waals surface area contributed by atoms with Crippen LogP contribution in [-0.4, -0.2) is 54.0 Å². The van der Waals surface area contributed by atoms with E-state index < -0.39 is 20.7 Å². The van der Waals surface area contributed by atoms with E-state index in [0.717, 1.165) is 12.8 Å². The second-order valence-electron chi connectivity index (χ2n) is 7.92. The van der Waals surface area contributed by atoms with E-state index in [1.165, 1.54) is 29.8 Å². The van der Waals surface area contributed by atoms with E-state index in [9.17, 15) is 18.6 Å². The highest BCUT2D eigenvalue weighted by Gasteiger charge is 2.46. The Morgan fingerprint density at radius 2 is 1.70 bits per heavy atom. The van der Waals surface area contributed by atoms with Crippen LogP contribution in [0.1, 0.15) is 30.7 Å². The number of phenolic OH excluding ortho intramolecular Hbond substituents is 1. The molecule has 0 radical (unpaired) electrons. The van der Waals surface area contributed by atoms with Gasteiger partial charge in [0, 0.05) is 13.1 Å². The van der Waals surface area contributed by atoms with Crippen molar-refractivity contribution in [1.29, 1.82) is 0 Å². The van der Waals surface area contributed by atoms with Crippen molar-refractivity contribution in [3.63, 3.8) is 0 Å². The summed E-state index contributed by atoms with van der Waals surface area (Å²) in [6.07, 6.45) is 2.02. The van der Waals surface area contributed by atoms with Crippen LogP contribution in [0.4, 0.5) is 0 Å². The van der Waals surface area contributed by atoms with E-state index in [1.807, 2.05) is 18.2 Å². The number of sulfone groups is 1. The molecule has 4 rings (SSSR count). The van der Waals surface area contributed by atoms with E-state index in [0.29, 0.717) is 32.0 Å². The minimum atomic E-state index is -3.42. The van der Waals surface area contributed by atoms with Crippen LogP contribution < -0.4 is 0 Å². The Morgan fingerprint density at radius 3 is 2.37 bits per heavy atom. The van der Waals surface area contributed by atoms with Gasteiger partial charge in [-0.15, -0.1) is 0 Å². The lowest BCUT2D eigenvalue weighted by Gasteiger charge is -2.46. The first-order valence-electron chi connectivity index (χ1n) is 9.38. The van der Waals surface area contributed by atoms with Gasteiger partial charge in [-0.2, -0.15) is 0 Å². The molecular weight excluding hydrogens is 362 g/mol. The minimum absolute atomic E-state index is 0.0576. The van der Waals surface area contributed by atoms with Crippen LogP contribution in [0.2, 0.25) is 0 Å². The molecule has 2 aromatic rings. The number of nitrogens with zero attached hydrogens (tertiary/aromatic N) is 1. The molecule has 1 atom stereocenters. The van der Waals surface area contributed by atoms with Gasteiger partial charge in [-0.3, -0.25) is 4.90 Å². The van der Waals surface area contributed by atoms with Crippen LogP contribution in [-0.2, 0) is 9.84 Å². The lowest BCUT2D eigenvalue weighted by molar-refractivity contribution is -0.0686. The maximum absolute atomic E-state index is 12.8. The normalized spacial score (nSPS) is 28.8. The zero-order valence-electron chi connectivity index (χ0n) is 15.2. The van der Waals surface area contributed by atoms with Gasteiger partial charge in [0.05, 0.1) is 15.7 Å². The molecule has 0 spiro atoms.